The fourth-order valence-corrected chi connectivity index (χ4v) is 1.14. The van der Waals surface area contributed by atoms with E-state index in [1.165, 1.54) is 19.3 Å². The van der Waals surface area contributed by atoms with Gasteiger partial charge in [0.25, 0.3) is 0 Å². The van der Waals surface area contributed by atoms with Crippen molar-refractivity contribution in [1.82, 2.24) is 0 Å². The highest BCUT2D eigenvalue weighted by molar-refractivity contribution is 9.09. The third-order valence-electron chi connectivity index (χ3n) is 1.45. The van der Waals surface area contributed by atoms with E-state index in [0.717, 1.165) is 11.9 Å². The van der Waals surface area contributed by atoms with Gasteiger partial charge in [0.05, 0.1) is 6.10 Å². The van der Waals surface area contributed by atoms with Gasteiger partial charge in [-0.2, -0.15) is 0 Å². The van der Waals surface area contributed by atoms with Gasteiger partial charge in [-0.15, -0.1) is 0 Å². The van der Waals surface area contributed by atoms with Crippen molar-refractivity contribution in [3.8, 4) is 0 Å². The maximum Gasteiger partial charge on any atom is 0.0597 e. The molecule has 2 heteroatoms. The van der Waals surface area contributed by atoms with Gasteiger partial charge in [-0.05, 0) is 19.3 Å². The lowest BCUT2D eigenvalue weighted by Crippen LogP contribution is -2.26. The summed E-state index contributed by atoms with van der Waals surface area (Å²) in [5, 5.41) is 1.12. The van der Waals surface area contributed by atoms with Crippen LogP contribution in [0.15, 0.2) is 0 Å². The first kappa shape index (κ1) is 6.56. The van der Waals surface area contributed by atoms with E-state index in [9.17, 15) is 0 Å². The monoisotopic (exact) mass is 178 g/mol. The Labute approximate surface area is 58.5 Å². The van der Waals surface area contributed by atoms with Crippen molar-refractivity contribution in [2.75, 3.05) is 11.9 Å². The molecule has 1 aliphatic heterocycles. The summed E-state index contributed by atoms with van der Waals surface area (Å²) in [4.78, 5) is 0. The Bertz CT molecular complexity index is 61.5. The lowest BCUT2D eigenvalue weighted by Gasteiger charge is -2.25. The molecule has 0 spiro atoms. The second kappa shape index (κ2) is 3.46. The Morgan fingerprint density at radius 3 is 2.75 bits per heavy atom. The Hall–Kier alpha value is 0.440. The maximum atomic E-state index is 5.21. The van der Waals surface area contributed by atoms with Crippen LogP contribution in [0.1, 0.15) is 19.3 Å². The van der Waals surface area contributed by atoms with Gasteiger partial charge in [-0.1, -0.05) is 15.9 Å². The van der Waals surface area contributed by atoms with Crippen LogP contribution in [0.5, 0.6) is 0 Å². The van der Waals surface area contributed by atoms with Crippen LogP contribution in [-0.2, 0) is 4.74 Å². The lowest BCUT2D eigenvalue weighted by molar-refractivity contribution is -0.0544. The largest absolute Gasteiger partial charge is 0.378 e. The van der Waals surface area contributed by atoms with Gasteiger partial charge < -0.3 is 4.74 Å². The first-order valence-electron chi connectivity index (χ1n) is 3.11. The first-order valence-corrected chi connectivity index (χ1v) is 4.23. The van der Waals surface area contributed by atoms with E-state index in [-0.39, 0.29) is 0 Å². The second-order valence-corrected chi connectivity index (χ2v) is 2.91. The smallest absolute Gasteiger partial charge is 0.0597 e. The minimum Gasteiger partial charge on any atom is -0.378 e. The number of rotatable bonds is 3. The summed E-state index contributed by atoms with van der Waals surface area (Å²) >= 11 is 3.38. The van der Waals surface area contributed by atoms with E-state index in [1.807, 2.05) is 0 Å². The second-order valence-electron chi connectivity index (χ2n) is 2.11. The highest BCUT2D eigenvalue weighted by Gasteiger charge is 2.16. The van der Waals surface area contributed by atoms with E-state index in [4.69, 9.17) is 4.74 Å². The van der Waals surface area contributed by atoms with Crippen LogP contribution in [0.3, 0.4) is 0 Å². The van der Waals surface area contributed by atoms with Crippen LogP contribution in [0.4, 0.5) is 0 Å². The Morgan fingerprint density at radius 1 is 1.62 bits per heavy atom. The predicted octanol–water partition coefficient (Wildman–Crippen LogP) is 1.95. The molecule has 0 N–H and O–H groups in total. The summed E-state index contributed by atoms with van der Waals surface area (Å²) in [6, 6.07) is 0. The molecule has 48 valence electrons. The molecule has 0 radical (unpaired) electrons. The van der Waals surface area contributed by atoms with E-state index >= 15 is 0 Å². The Kier molecular flexibility index (Phi) is 2.84. The molecule has 0 aromatic heterocycles. The average Bonchev–Trinajstić information content (AvgIpc) is 1.63. The van der Waals surface area contributed by atoms with Gasteiger partial charge in [0.1, 0.15) is 0 Å². The molecule has 1 fully saturated rings. The third-order valence-corrected chi connectivity index (χ3v) is 2.01. The highest BCUT2D eigenvalue weighted by Crippen LogP contribution is 2.16. The number of hydrogen-bond acceptors (Lipinski definition) is 1. The molecular weight excluding hydrogens is 168 g/mol. The molecule has 0 aromatic carbocycles. The van der Waals surface area contributed by atoms with Crippen LogP contribution in [0.25, 0.3) is 0 Å². The van der Waals surface area contributed by atoms with E-state index in [1.54, 1.807) is 0 Å². The summed E-state index contributed by atoms with van der Waals surface area (Å²) in [6.45, 7) is 0.993. The molecule has 1 heterocycles. The first-order chi connectivity index (χ1) is 3.93. The molecule has 1 unspecified atom stereocenters. The average molecular weight is 179 g/mol. The summed E-state index contributed by atoms with van der Waals surface area (Å²) < 4.78 is 5.21. The Balaban J connectivity index is 1.86. The minimum absolute atomic E-state index is 0.604. The number of alkyl halides is 1. The van der Waals surface area contributed by atoms with Crippen molar-refractivity contribution >= 4 is 15.9 Å². The molecule has 0 saturated carbocycles. The molecule has 1 nitrogen and oxygen atoms in total. The van der Waals surface area contributed by atoms with Gasteiger partial charge >= 0.3 is 0 Å². The SMILES string of the molecule is BrCCCC1CCO1. The zero-order valence-electron chi connectivity index (χ0n) is 4.90. The van der Waals surface area contributed by atoms with Crippen LogP contribution in [0.2, 0.25) is 0 Å². The number of halogens is 1. The van der Waals surface area contributed by atoms with Crippen molar-refractivity contribution in [3.05, 3.63) is 0 Å². The van der Waals surface area contributed by atoms with Gasteiger partial charge in [0, 0.05) is 11.9 Å². The number of ether oxygens (including phenoxy) is 1. The standard InChI is InChI=1S/C6H11BrO/c7-4-1-2-6-3-5-8-6/h6H,1-5H2. The van der Waals surface area contributed by atoms with Crippen molar-refractivity contribution < 1.29 is 4.74 Å². The fraction of sp³-hybridized carbons (Fsp3) is 1.00. The summed E-state index contributed by atoms with van der Waals surface area (Å²) in [5.41, 5.74) is 0. The van der Waals surface area contributed by atoms with E-state index < -0.39 is 0 Å². The quantitative estimate of drug-likeness (QED) is 0.601. The molecule has 1 atom stereocenters. The summed E-state index contributed by atoms with van der Waals surface area (Å²) in [5.74, 6) is 0. The molecular formula is C6H11BrO. The molecule has 0 aliphatic carbocycles. The van der Waals surface area contributed by atoms with E-state index in [0.29, 0.717) is 6.10 Å². The normalized spacial score (nSPS) is 27.4. The van der Waals surface area contributed by atoms with Crippen molar-refractivity contribution in [3.63, 3.8) is 0 Å². The van der Waals surface area contributed by atoms with Crippen molar-refractivity contribution in [2.45, 2.75) is 25.4 Å². The molecule has 0 amide bonds. The van der Waals surface area contributed by atoms with Crippen LogP contribution < -0.4 is 0 Å². The van der Waals surface area contributed by atoms with Gasteiger partial charge in [-0.25, -0.2) is 0 Å². The van der Waals surface area contributed by atoms with E-state index in [2.05, 4.69) is 15.9 Å². The minimum atomic E-state index is 0.604. The van der Waals surface area contributed by atoms with Crippen molar-refractivity contribution in [2.24, 2.45) is 0 Å². The van der Waals surface area contributed by atoms with Crippen LogP contribution in [0, 0.1) is 0 Å². The zero-order valence-corrected chi connectivity index (χ0v) is 6.49. The van der Waals surface area contributed by atoms with Crippen LogP contribution in [-0.4, -0.2) is 18.0 Å². The van der Waals surface area contributed by atoms with Gasteiger partial charge in [0.2, 0.25) is 0 Å². The molecule has 0 aromatic rings. The van der Waals surface area contributed by atoms with Crippen molar-refractivity contribution in [1.29, 1.82) is 0 Å². The zero-order chi connectivity index (χ0) is 5.82. The highest BCUT2D eigenvalue weighted by atomic mass is 79.9. The molecule has 1 aliphatic rings. The fourth-order valence-electron chi connectivity index (χ4n) is 0.817. The number of hydrogen-bond donors (Lipinski definition) is 0. The summed E-state index contributed by atoms with van der Waals surface area (Å²) in [7, 11) is 0. The molecule has 8 heavy (non-hydrogen) atoms. The summed E-state index contributed by atoms with van der Waals surface area (Å²) in [6.07, 6.45) is 4.38. The lowest BCUT2D eigenvalue weighted by atomic mass is 10.1. The third kappa shape index (κ3) is 1.75. The van der Waals surface area contributed by atoms with Gasteiger partial charge in [0.15, 0.2) is 0 Å². The predicted molar refractivity (Wildman–Crippen MR) is 37.4 cm³/mol. The topological polar surface area (TPSA) is 9.23 Å². The van der Waals surface area contributed by atoms with Gasteiger partial charge in [-0.3, -0.25) is 0 Å². The molecule has 1 rings (SSSR count). The molecule has 0 bridgehead atoms. The van der Waals surface area contributed by atoms with Crippen LogP contribution >= 0.6 is 15.9 Å². The Morgan fingerprint density at radius 2 is 2.38 bits per heavy atom. The molecule has 1 saturated heterocycles. The maximum absolute atomic E-state index is 5.21.